The Morgan fingerprint density at radius 1 is 1.65 bits per heavy atom. The van der Waals surface area contributed by atoms with Crippen LogP contribution in [0, 0.1) is 17.0 Å². The number of pyridine rings is 1. The molecule has 1 N–H and O–H groups in total. The Kier molecular flexibility index (Phi) is 4.86. The minimum Gasteiger partial charge on any atom is -0.394 e. The van der Waals surface area contributed by atoms with Gasteiger partial charge in [-0.2, -0.15) is 0 Å². The van der Waals surface area contributed by atoms with E-state index in [0.29, 0.717) is 18.7 Å². The smallest absolute Gasteiger partial charge is 0.290 e. The van der Waals surface area contributed by atoms with Crippen molar-refractivity contribution in [1.29, 1.82) is 0 Å². The van der Waals surface area contributed by atoms with Gasteiger partial charge in [-0.05, 0) is 25.8 Å². The summed E-state index contributed by atoms with van der Waals surface area (Å²) < 4.78 is 5.55. The molecule has 20 heavy (non-hydrogen) atoms. The number of piperidine rings is 1. The molecule has 1 aliphatic rings. The predicted octanol–water partition coefficient (Wildman–Crippen LogP) is 1.28. The molecule has 7 nitrogen and oxygen atoms in total. The van der Waals surface area contributed by atoms with E-state index in [2.05, 4.69) is 9.88 Å². The lowest BCUT2D eigenvalue weighted by Crippen LogP contribution is -2.40. The summed E-state index contributed by atoms with van der Waals surface area (Å²) in [5, 5.41) is 19.6. The van der Waals surface area contributed by atoms with E-state index in [1.54, 1.807) is 13.0 Å². The Hall–Kier alpha value is -1.73. The molecular weight excluding hydrogens is 262 g/mol. The summed E-state index contributed by atoms with van der Waals surface area (Å²) in [5.41, 5.74) is 0.650. The summed E-state index contributed by atoms with van der Waals surface area (Å²) in [6, 6.07) is 1.74. The Morgan fingerprint density at radius 3 is 3.10 bits per heavy atom. The Labute approximate surface area is 117 Å². The molecule has 0 amide bonds. The normalized spacial score (nSPS) is 19.1. The van der Waals surface area contributed by atoms with Crippen LogP contribution in [0.25, 0.3) is 0 Å². The van der Waals surface area contributed by atoms with Gasteiger partial charge in [0.2, 0.25) is 0 Å². The summed E-state index contributed by atoms with van der Waals surface area (Å²) >= 11 is 0. The van der Waals surface area contributed by atoms with Crippen LogP contribution in [-0.2, 0) is 4.74 Å². The van der Waals surface area contributed by atoms with Gasteiger partial charge in [-0.25, -0.2) is 4.98 Å². The van der Waals surface area contributed by atoms with E-state index in [4.69, 9.17) is 9.84 Å². The maximum atomic E-state index is 10.8. The molecule has 2 rings (SSSR count). The van der Waals surface area contributed by atoms with Crippen molar-refractivity contribution in [2.45, 2.75) is 25.9 Å². The largest absolute Gasteiger partial charge is 0.394 e. The first-order valence-corrected chi connectivity index (χ1v) is 6.70. The third-order valence-corrected chi connectivity index (χ3v) is 3.41. The fourth-order valence-corrected chi connectivity index (χ4v) is 2.40. The minimum atomic E-state index is -0.421. The fraction of sp³-hybridized carbons (Fsp3) is 0.615. The predicted molar refractivity (Wildman–Crippen MR) is 73.9 cm³/mol. The van der Waals surface area contributed by atoms with Gasteiger partial charge >= 0.3 is 0 Å². The van der Waals surface area contributed by atoms with Crippen LogP contribution in [0.5, 0.6) is 0 Å². The van der Waals surface area contributed by atoms with Gasteiger partial charge in [0.15, 0.2) is 0 Å². The molecule has 1 saturated heterocycles. The summed E-state index contributed by atoms with van der Waals surface area (Å²) in [6.45, 7) is 3.64. The quantitative estimate of drug-likeness (QED) is 0.646. The number of aliphatic hydroxyl groups excluding tert-OH is 1. The van der Waals surface area contributed by atoms with Crippen molar-refractivity contribution >= 4 is 11.5 Å². The molecule has 1 unspecified atom stereocenters. The van der Waals surface area contributed by atoms with Gasteiger partial charge in [-0.1, -0.05) is 0 Å². The highest BCUT2D eigenvalue weighted by atomic mass is 16.6. The van der Waals surface area contributed by atoms with E-state index in [9.17, 15) is 10.1 Å². The first-order chi connectivity index (χ1) is 9.61. The van der Waals surface area contributed by atoms with Crippen LogP contribution >= 0.6 is 0 Å². The van der Waals surface area contributed by atoms with Crippen LogP contribution in [0.3, 0.4) is 0 Å². The van der Waals surface area contributed by atoms with Crippen LogP contribution in [-0.4, -0.2) is 47.4 Å². The molecule has 0 radical (unpaired) electrons. The number of nitro groups is 1. The summed E-state index contributed by atoms with van der Waals surface area (Å²) in [5.74, 6) is 0.741. The van der Waals surface area contributed by atoms with Gasteiger partial charge in [-0.15, -0.1) is 0 Å². The fourth-order valence-electron chi connectivity index (χ4n) is 2.40. The molecular formula is C13H19N3O4. The highest BCUT2D eigenvalue weighted by Crippen LogP contribution is 2.24. The molecule has 0 aliphatic carbocycles. The van der Waals surface area contributed by atoms with Crippen LogP contribution in [0.1, 0.15) is 18.4 Å². The number of aromatic nitrogens is 1. The lowest BCUT2D eigenvalue weighted by Gasteiger charge is -2.33. The molecule has 1 fully saturated rings. The van der Waals surface area contributed by atoms with Crippen LogP contribution < -0.4 is 4.90 Å². The van der Waals surface area contributed by atoms with E-state index >= 15 is 0 Å². The molecule has 7 heteroatoms. The van der Waals surface area contributed by atoms with Crippen molar-refractivity contribution < 1.29 is 14.8 Å². The minimum absolute atomic E-state index is 0.0192. The van der Waals surface area contributed by atoms with E-state index in [-0.39, 0.29) is 18.4 Å². The van der Waals surface area contributed by atoms with Gasteiger partial charge in [-0.3, -0.25) is 10.1 Å². The zero-order valence-corrected chi connectivity index (χ0v) is 11.5. The van der Waals surface area contributed by atoms with Gasteiger partial charge < -0.3 is 14.7 Å². The Balaban J connectivity index is 2.07. The van der Waals surface area contributed by atoms with Gasteiger partial charge in [0.25, 0.3) is 5.69 Å². The molecule has 110 valence electrons. The van der Waals surface area contributed by atoms with Gasteiger partial charge in [0.05, 0.1) is 24.2 Å². The van der Waals surface area contributed by atoms with Crippen molar-refractivity contribution in [3.8, 4) is 0 Å². The number of aliphatic hydroxyl groups is 1. The first-order valence-electron chi connectivity index (χ1n) is 6.70. The zero-order valence-electron chi connectivity index (χ0n) is 11.5. The topological polar surface area (TPSA) is 88.7 Å². The third kappa shape index (κ3) is 3.43. The third-order valence-electron chi connectivity index (χ3n) is 3.41. The summed E-state index contributed by atoms with van der Waals surface area (Å²) in [7, 11) is 0. The molecule has 1 aliphatic heterocycles. The average Bonchev–Trinajstić information content (AvgIpc) is 2.45. The van der Waals surface area contributed by atoms with Crippen LogP contribution in [0.15, 0.2) is 12.3 Å². The van der Waals surface area contributed by atoms with Crippen molar-refractivity contribution in [3.63, 3.8) is 0 Å². The van der Waals surface area contributed by atoms with E-state index in [1.807, 2.05) is 0 Å². The monoisotopic (exact) mass is 281 g/mol. The number of hydrogen-bond acceptors (Lipinski definition) is 6. The summed E-state index contributed by atoms with van der Waals surface area (Å²) in [6.07, 6.45) is 3.33. The first kappa shape index (κ1) is 14.7. The number of aryl methyl sites for hydroxylation is 1. The van der Waals surface area contributed by atoms with Gasteiger partial charge in [0.1, 0.15) is 12.0 Å². The molecule has 0 aromatic carbocycles. The molecule has 1 aromatic heterocycles. The summed E-state index contributed by atoms with van der Waals surface area (Å²) in [4.78, 5) is 16.6. The van der Waals surface area contributed by atoms with Crippen molar-refractivity contribution in [2.75, 3.05) is 31.2 Å². The highest BCUT2D eigenvalue weighted by Gasteiger charge is 2.22. The molecule has 0 saturated carbocycles. The average molecular weight is 281 g/mol. The lowest BCUT2D eigenvalue weighted by molar-refractivity contribution is -0.385. The number of anilines is 1. The maximum Gasteiger partial charge on any atom is 0.290 e. The second kappa shape index (κ2) is 6.62. The van der Waals surface area contributed by atoms with E-state index in [1.165, 1.54) is 6.20 Å². The van der Waals surface area contributed by atoms with Crippen molar-refractivity contribution in [3.05, 3.63) is 27.9 Å². The molecule has 0 bridgehead atoms. The van der Waals surface area contributed by atoms with E-state index < -0.39 is 4.92 Å². The second-order valence-corrected chi connectivity index (χ2v) is 4.89. The number of hydrogen-bond donors (Lipinski definition) is 1. The molecule has 1 atom stereocenters. The number of nitrogens with zero attached hydrogens (tertiary/aromatic N) is 3. The standard InChI is InChI=1S/C13H19N3O4/c1-10-7-13(14-8-12(10)16(18)19)15-4-2-3-11(9-15)20-6-5-17/h7-8,11,17H,2-6,9H2,1H3. The second-order valence-electron chi connectivity index (χ2n) is 4.89. The van der Waals surface area contributed by atoms with Gasteiger partial charge in [0, 0.05) is 18.7 Å². The van der Waals surface area contributed by atoms with Crippen LogP contribution in [0.4, 0.5) is 11.5 Å². The maximum absolute atomic E-state index is 10.8. The van der Waals surface area contributed by atoms with Crippen LogP contribution in [0.2, 0.25) is 0 Å². The van der Waals surface area contributed by atoms with E-state index in [0.717, 1.165) is 25.2 Å². The number of ether oxygens (including phenoxy) is 1. The molecule has 1 aromatic rings. The van der Waals surface area contributed by atoms with Crippen molar-refractivity contribution in [2.24, 2.45) is 0 Å². The Bertz CT molecular complexity index is 481. The lowest BCUT2D eigenvalue weighted by atomic mass is 10.1. The molecule has 0 spiro atoms. The molecule has 2 heterocycles. The highest BCUT2D eigenvalue weighted by molar-refractivity contribution is 5.48. The van der Waals surface area contributed by atoms with Crippen molar-refractivity contribution in [1.82, 2.24) is 4.98 Å². The number of rotatable bonds is 5. The SMILES string of the molecule is Cc1cc(N2CCCC(OCCO)C2)ncc1[N+](=O)[O-]. The Morgan fingerprint density at radius 2 is 2.45 bits per heavy atom. The zero-order chi connectivity index (χ0) is 14.5.